The molecule has 1 heterocycles. The van der Waals surface area contributed by atoms with Gasteiger partial charge in [-0.2, -0.15) is 0 Å². The van der Waals surface area contributed by atoms with Crippen molar-refractivity contribution in [3.8, 4) is 34.1 Å². The van der Waals surface area contributed by atoms with Crippen LogP contribution in [0.4, 0.5) is 0 Å². The molecule has 4 rings (SSSR count). The van der Waals surface area contributed by atoms with Gasteiger partial charge in [-0.25, -0.2) is 0 Å². The molecular weight excluding hydrogens is 464 g/mol. The summed E-state index contributed by atoms with van der Waals surface area (Å²) in [4.78, 5) is 0. The summed E-state index contributed by atoms with van der Waals surface area (Å²) in [5.74, 6) is 2.90. The van der Waals surface area contributed by atoms with Crippen LogP contribution in [0.2, 0.25) is 0 Å². The number of rotatable bonds is 16. The lowest BCUT2D eigenvalue weighted by molar-refractivity contribution is -0.133. The summed E-state index contributed by atoms with van der Waals surface area (Å²) >= 11 is 0. The number of benzene rings is 3. The Labute approximate surface area is 221 Å². The standard InChI is InChI=1S/C32H40O5/c1-2-32(23-34-24-32)25-37-31-17-11-27(12-18-31)26-9-15-29(16-10-26)35-21-7-5-3-4-6-8-22-36-30-19-13-28(33)14-20-30/h9-20,33H,2-8,21-25H2,1H3. The van der Waals surface area contributed by atoms with Crippen LogP contribution in [0.25, 0.3) is 11.1 Å². The molecule has 1 N–H and O–H groups in total. The van der Waals surface area contributed by atoms with Crippen molar-refractivity contribution in [3.63, 3.8) is 0 Å². The van der Waals surface area contributed by atoms with Crippen molar-refractivity contribution < 1.29 is 24.1 Å². The van der Waals surface area contributed by atoms with Crippen molar-refractivity contribution in [1.29, 1.82) is 0 Å². The lowest BCUT2D eigenvalue weighted by Crippen LogP contribution is -2.46. The summed E-state index contributed by atoms with van der Waals surface area (Å²) in [6.45, 7) is 5.98. The maximum Gasteiger partial charge on any atom is 0.119 e. The second-order valence-corrected chi connectivity index (χ2v) is 10.00. The maximum atomic E-state index is 9.29. The molecule has 1 fully saturated rings. The molecule has 0 amide bonds. The van der Waals surface area contributed by atoms with Crippen LogP contribution in [0.3, 0.4) is 0 Å². The molecule has 37 heavy (non-hydrogen) atoms. The van der Waals surface area contributed by atoms with E-state index in [-0.39, 0.29) is 11.2 Å². The lowest BCUT2D eigenvalue weighted by Gasteiger charge is -2.40. The van der Waals surface area contributed by atoms with Crippen molar-refractivity contribution >= 4 is 0 Å². The van der Waals surface area contributed by atoms with Gasteiger partial charge >= 0.3 is 0 Å². The molecule has 5 nitrogen and oxygen atoms in total. The number of hydrogen-bond acceptors (Lipinski definition) is 5. The molecule has 198 valence electrons. The van der Waals surface area contributed by atoms with Crippen molar-refractivity contribution in [1.82, 2.24) is 0 Å². The first-order valence-corrected chi connectivity index (χ1v) is 13.6. The fraction of sp³-hybridized carbons (Fsp3) is 0.438. The third-order valence-corrected chi connectivity index (χ3v) is 7.07. The third kappa shape index (κ3) is 8.43. The summed E-state index contributed by atoms with van der Waals surface area (Å²) < 4.78 is 23.0. The highest BCUT2D eigenvalue weighted by molar-refractivity contribution is 5.64. The Morgan fingerprint density at radius 3 is 1.49 bits per heavy atom. The molecule has 0 saturated carbocycles. The predicted octanol–water partition coefficient (Wildman–Crippen LogP) is 7.66. The van der Waals surface area contributed by atoms with Crippen molar-refractivity contribution in [3.05, 3.63) is 72.8 Å². The van der Waals surface area contributed by atoms with Crippen molar-refractivity contribution in [2.75, 3.05) is 33.0 Å². The van der Waals surface area contributed by atoms with E-state index in [9.17, 15) is 5.11 Å². The van der Waals surface area contributed by atoms with Crippen LogP contribution in [0.15, 0.2) is 72.8 Å². The van der Waals surface area contributed by atoms with Gasteiger partial charge in [0.1, 0.15) is 23.0 Å². The SMILES string of the molecule is CCC1(COc2ccc(-c3ccc(OCCCCCCCCOc4ccc(O)cc4)cc3)cc2)COC1. The van der Waals surface area contributed by atoms with Gasteiger partial charge in [-0.15, -0.1) is 0 Å². The van der Waals surface area contributed by atoms with Gasteiger partial charge in [0.05, 0.1) is 38.4 Å². The second-order valence-electron chi connectivity index (χ2n) is 10.00. The van der Waals surface area contributed by atoms with Crippen LogP contribution in [-0.2, 0) is 4.74 Å². The van der Waals surface area contributed by atoms with E-state index >= 15 is 0 Å². The minimum absolute atomic E-state index is 0.194. The van der Waals surface area contributed by atoms with Crippen LogP contribution in [0, 0.1) is 5.41 Å². The predicted molar refractivity (Wildman–Crippen MR) is 148 cm³/mol. The van der Waals surface area contributed by atoms with Gasteiger partial charge in [0.15, 0.2) is 0 Å². The van der Waals surface area contributed by atoms with Gasteiger partial charge in [0, 0.05) is 0 Å². The van der Waals surface area contributed by atoms with E-state index in [0.29, 0.717) is 6.61 Å². The Balaban J connectivity index is 1.05. The first kappa shape index (κ1) is 26.9. The molecule has 3 aromatic rings. The molecule has 3 aromatic carbocycles. The van der Waals surface area contributed by atoms with Crippen LogP contribution in [0.5, 0.6) is 23.0 Å². The molecule has 1 aliphatic rings. The quantitative estimate of drug-likeness (QED) is 0.203. The third-order valence-electron chi connectivity index (χ3n) is 7.07. The molecule has 0 unspecified atom stereocenters. The highest BCUT2D eigenvalue weighted by atomic mass is 16.5. The zero-order valence-corrected chi connectivity index (χ0v) is 22.0. The fourth-order valence-electron chi connectivity index (χ4n) is 4.34. The Kier molecular flexibility index (Phi) is 10.1. The molecule has 1 saturated heterocycles. The molecule has 1 aliphatic heterocycles. The normalized spacial score (nSPS) is 14.1. The summed E-state index contributed by atoms with van der Waals surface area (Å²) in [6, 6.07) is 23.5. The lowest BCUT2D eigenvalue weighted by atomic mass is 9.84. The van der Waals surface area contributed by atoms with E-state index in [1.807, 2.05) is 12.1 Å². The van der Waals surface area contributed by atoms with Gasteiger partial charge in [0.2, 0.25) is 0 Å². The number of phenolic OH excluding ortho intramolecular Hbond substituents is 1. The van der Waals surface area contributed by atoms with E-state index in [1.165, 1.54) is 36.8 Å². The van der Waals surface area contributed by atoms with Gasteiger partial charge in [-0.1, -0.05) is 56.9 Å². The molecule has 0 spiro atoms. The molecular formula is C32H40O5. The molecule has 0 aliphatic carbocycles. The number of phenols is 1. The van der Waals surface area contributed by atoms with Gasteiger partial charge < -0.3 is 24.1 Å². The smallest absolute Gasteiger partial charge is 0.119 e. The number of ether oxygens (including phenoxy) is 4. The summed E-state index contributed by atoms with van der Waals surface area (Å²) in [5.41, 5.74) is 2.54. The summed E-state index contributed by atoms with van der Waals surface area (Å²) in [7, 11) is 0. The topological polar surface area (TPSA) is 57.2 Å². The highest BCUT2D eigenvalue weighted by Crippen LogP contribution is 2.32. The zero-order valence-electron chi connectivity index (χ0n) is 22.0. The number of unbranched alkanes of at least 4 members (excludes halogenated alkanes) is 5. The van der Waals surface area contributed by atoms with E-state index in [0.717, 1.165) is 62.9 Å². The van der Waals surface area contributed by atoms with E-state index in [1.54, 1.807) is 24.3 Å². The fourth-order valence-corrected chi connectivity index (χ4v) is 4.34. The monoisotopic (exact) mass is 504 g/mol. The Bertz CT molecular complexity index is 1030. The summed E-state index contributed by atoms with van der Waals surface area (Å²) in [5, 5.41) is 9.29. The van der Waals surface area contributed by atoms with Gasteiger partial charge in [0.25, 0.3) is 0 Å². The molecule has 0 atom stereocenters. The largest absolute Gasteiger partial charge is 0.508 e. The van der Waals surface area contributed by atoms with Crippen LogP contribution in [-0.4, -0.2) is 38.1 Å². The van der Waals surface area contributed by atoms with Crippen molar-refractivity contribution in [2.45, 2.75) is 51.9 Å². The molecule has 0 radical (unpaired) electrons. The van der Waals surface area contributed by atoms with E-state index in [2.05, 4.69) is 43.3 Å². The van der Waals surface area contributed by atoms with Crippen LogP contribution >= 0.6 is 0 Å². The van der Waals surface area contributed by atoms with Crippen LogP contribution in [0.1, 0.15) is 51.9 Å². The number of aromatic hydroxyl groups is 1. The Morgan fingerprint density at radius 2 is 1.05 bits per heavy atom. The highest BCUT2D eigenvalue weighted by Gasteiger charge is 2.37. The molecule has 5 heteroatoms. The summed E-state index contributed by atoms with van der Waals surface area (Å²) in [6.07, 6.45) is 7.98. The molecule has 0 bridgehead atoms. The number of hydrogen-bond donors (Lipinski definition) is 1. The Morgan fingerprint density at radius 1 is 0.622 bits per heavy atom. The first-order chi connectivity index (χ1) is 18.2. The first-order valence-electron chi connectivity index (χ1n) is 13.6. The van der Waals surface area contributed by atoms with Gasteiger partial charge in [-0.05, 0) is 78.9 Å². The van der Waals surface area contributed by atoms with E-state index in [4.69, 9.17) is 18.9 Å². The maximum absolute atomic E-state index is 9.29. The minimum Gasteiger partial charge on any atom is -0.508 e. The van der Waals surface area contributed by atoms with Gasteiger partial charge in [-0.3, -0.25) is 0 Å². The zero-order chi connectivity index (χ0) is 25.8. The van der Waals surface area contributed by atoms with Crippen LogP contribution < -0.4 is 14.2 Å². The average Bonchev–Trinajstić information content (AvgIpc) is 2.91. The Hall–Kier alpha value is -3.18. The van der Waals surface area contributed by atoms with E-state index < -0.39 is 0 Å². The second kappa shape index (κ2) is 13.9. The minimum atomic E-state index is 0.194. The average molecular weight is 505 g/mol. The molecule has 0 aromatic heterocycles. The van der Waals surface area contributed by atoms with Crippen molar-refractivity contribution in [2.24, 2.45) is 5.41 Å².